The summed E-state index contributed by atoms with van der Waals surface area (Å²) < 4.78 is 21.6. The highest BCUT2D eigenvalue weighted by molar-refractivity contribution is 5.20. The molecule has 0 aliphatic heterocycles. The van der Waals surface area contributed by atoms with Gasteiger partial charge in [-0.15, -0.1) is 0 Å². The summed E-state index contributed by atoms with van der Waals surface area (Å²) in [6.45, 7) is 7.06. The van der Waals surface area contributed by atoms with Crippen LogP contribution >= 0.6 is 0 Å². The Kier molecular flexibility index (Phi) is 13.2. The van der Waals surface area contributed by atoms with Crippen LogP contribution in [0.2, 0.25) is 0 Å². The van der Waals surface area contributed by atoms with E-state index in [-0.39, 0.29) is 16.9 Å². The molecule has 0 aliphatic carbocycles. The number of hydrogen-bond acceptors (Lipinski definition) is 8. The molecule has 0 aliphatic rings. The highest BCUT2D eigenvalue weighted by Gasteiger charge is 2.10. The third-order valence-electron chi connectivity index (χ3n) is 5.95. The predicted molar refractivity (Wildman–Crippen MR) is 133 cm³/mol. The molecule has 0 spiro atoms. The normalized spacial score (nSPS) is 13.1. The molecule has 196 valence electrons. The van der Waals surface area contributed by atoms with Gasteiger partial charge in [0.05, 0.1) is 6.26 Å². The summed E-state index contributed by atoms with van der Waals surface area (Å²) in [5.41, 5.74) is -0.221. The number of ether oxygens (including phenoxy) is 2. The minimum absolute atomic E-state index is 0.332. The SMILES string of the molecule is CC(CCCCOCCCOCCCCC(C)Cc1cocc(O)c1=O)Cc1cc(=O)c(O)co1. The molecule has 0 saturated carbocycles. The van der Waals surface area contributed by atoms with Crippen LogP contribution in [0.5, 0.6) is 11.5 Å². The Bertz CT molecular complexity index is 964. The fraction of sp³-hybridized carbons (Fsp3) is 0.630. The lowest BCUT2D eigenvalue weighted by molar-refractivity contribution is 0.0789. The third-order valence-corrected chi connectivity index (χ3v) is 5.95. The Morgan fingerprint density at radius 3 is 2.00 bits per heavy atom. The van der Waals surface area contributed by atoms with Crippen molar-refractivity contribution >= 4 is 0 Å². The molecule has 2 unspecified atom stereocenters. The van der Waals surface area contributed by atoms with Gasteiger partial charge in [-0.3, -0.25) is 9.59 Å². The molecule has 0 amide bonds. The molecule has 8 heteroatoms. The standard InChI is InChI=1S/C27H40O8/c1-20(14-22-17-34-18-26(30)27(22)31)8-3-5-10-32-12-7-13-33-11-6-4-9-21(2)15-23-16-24(28)25(29)19-35-23/h16-21,29-30H,3-15H2,1-2H3. The molecule has 8 nitrogen and oxygen atoms in total. The largest absolute Gasteiger partial charge is 0.502 e. The van der Waals surface area contributed by atoms with Gasteiger partial charge in [-0.1, -0.05) is 39.5 Å². The first-order valence-corrected chi connectivity index (χ1v) is 12.6. The average Bonchev–Trinajstić information content (AvgIpc) is 2.82. The zero-order valence-corrected chi connectivity index (χ0v) is 21.0. The molecule has 0 fully saturated rings. The molecule has 2 rings (SSSR count). The van der Waals surface area contributed by atoms with Crippen LogP contribution in [-0.2, 0) is 22.3 Å². The molecular formula is C27H40O8. The molecule has 2 atom stereocenters. The minimum atomic E-state index is -0.399. The highest BCUT2D eigenvalue weighted by Crippen LogP contribution is 2.16. The molecular weight excluding hydrogens is 452 g/mol. The molecule has 0 bridgehead atoms. The molecule has 2 aromatic heterocycles. The van der Waals surface area contributed by atoms with Crippen LogP contribution in [0, 0.1) is 11.8 Å². The summed E-state index contributed by atoms with van der Waals surface area (Å²) >= 11 is 0. The van der Waals surface area contributed by atoms with Crippen LogP contribution in [0.15, 0.2) is 43.3 Å². The van der Waals surface area contributed by atoms with Crippen LogP contribution in [-0.4, -0.2) is 36.6 Å². The Morgan fingerprint density at radius 2 is 1.37 bits per heavy atom. The average molecular weight is 493 g/mol. The molecule has 35 heavy (non-hydrogen) atoms. The zero-order valence-electron chi connectivity index (χ0n) is 21.0. The fourth-order valence-corrected chi connectivity index (χ4v) is 3.93. The minimum Gasteiger partial charge on any atom is -0.502 e. The van der Waals surface area contributed by atoms with Crippen LogP contribution < -0.4 is 10.9 Å². The van der Waals surface area contributed by atoms with Gasteiger partial charge in [0, 0.05) is 44.5 Å². The van der Waals surface area contributed by atoms with Gasteiger partial charge in [0.15, 0.2) is 11.5 Å². The first-order chi connectivity index (χ1) is 16.9. The maximum atomic E-state index is 11.8. The Morgan fingerprint density at radius 1 is 0.771 bits per heavy atom. The molecule has 2 heterocycles. The second-order valence-corrected chi connectivity index (χ2v) is 9.40. The van der Waals surface area contributed by atoms with Crippen molar-refractivity contribution in [2.75, 3.05) is 26.4 Å². The van der Waals surface area contributed by atoms with Crippen molar-refractivity contribution in [1.82, 2.24) is 0 Å². The van der Waals surface area contributed by atoms with E-state index in [4.69, 9.17) is 18.3 Å². The quantitative estimate of drug-likeness (QED) is 0.284. The molecule has 2 aromatic rings. The van der Waals surface area contributed by atoms with Crippen molar-refractivity contribution < 1.29 is 28.5 Å². The van der Waals surface area contributed by atoms with E-state index in [0.717, 1.165) is 70.7 Å². The van der Waals surface area contributed by atoms with Gasteiger partial charge < -0.3 is 28.5 Å². The van der Waals surface area contributed by atoms with Gasteiger partial charge >= 0.3 is 0 Å². The van der Waals surface area contributed by atoms with Crippen molar-refractivity contribution in [3.63, 3.8) is 0 Å². The summed E-state index contributed by atoms with van der Waals surface area (Å²) in [6.07, 6.45) is 11.8. The summed E-state index contributed by atoms with van der Waals surface area (Å²) in [6, 6.07) is 1.36. The number of hydrogen-bond donors (Lipinski definition) is 2. The Labute approximate surface area is 206 Å². The maximum absolute atomic E-state index is 11.8. The van der Waals surface area contributed by atoms with E-state index in [1.54, 1.807) is 0 Å². The fourth-order valence-electron chi connectivity index (χ4n) is 3.93. The van der Waals surface area contributed by atoms with Crippen molar-refractivity contribution in [3.8, 4) is 11.5 Å². The maximum Gasteiger partial charge on any atom is 0.229 e. The molecule has 0 aromatic carbocycles. The van der Waals surface area contributed by atoms with E-state index in [0.29, 0.717) is 49.2 Å². The van der Waals surface area contributed by atoms with Gasteiger partial charge in [0.2, 0.25) is 10.9 Å². The molecule has 0 saturated heterocycles. The first-order valence-electron chi connectivity index (χ1n) is 12.6. The monoisotopic (exact) mass is 492 g/mol. The van der Waals surface area contributed by atoms with Crippen molar-refractivity contribution in [2.45, 2.75) is 71.6 Å². The highest BCUT2D eigenvalue weighted by atomic mass is 16.5. The number of unbranched alkanes of at least 4 members (excludes halogenated alkanes) is 2. The van der Waals surface area contributed by atoms with Gasteiger partial charge in [-0.05, 0) is 37.5 Å². The smallest absolute Gasteiger partial charge is 0.229 e. The van der Waals surface area contributed by atoms with E-state index >= 15 is 0 Å². The Balaban J connectivity index is 1.38. The van der Waals surface area contributed by atoms with Crippen molar-refractivity contribution in [2.24, 2.45) is 11.8 Å². The van der Waals surface area contributed by atoms with Crippen molar-refractivity contribution in [1.29, 1.82) is 0 Å². The summed E-state index contributed by atoms with van der Waals surface area (Å²) in [7, 11) is 0. The van der Waals surface area contributed by atoms with Crippen LogP contribution in [0.1, 0.15) is 70.1 Å². The van der Waals surface area contributed by atoms with Crippen molar-refractivity contribution in [3.05, 3.63) is 56.6 Å². The predicted octanol–water partition coefficient (Wildman–Crippen LogP) is 4.83. The van der Waals surface area contributed by atoms with Gasteiger partial charge in [0.25, 0.3) is 0 Å². The van der Waals surface area contributed by atoms with Crippen LogP contribution in [0.4, 0.5) is 0 Å². The third kappa shape index (κ3) is 11.6. The zero-order chi connectivity index (χ0) is 25.5. The molecule has 2 N–H and O–H groups in total. The van der Waals surface area contributed by atoms with Crippen LogP contribution in [0.25, 0.3) is 0 Å². The first kappa shape index (κ1) is 28.7. The van der Waals surface area contributed by atoms with E-state index in [1.807, 2.05) is 0 Å². The summed E-state index contributed by atoms with van der Waals surface area (Å²) in [5, 5.41) is 18.7. The second-order valence-electron chi connectivity index (χ2n) is 9.40. The summed E-state index contributed by atoms with van der Waals surface area (Å²) in [5.74, 6) is 0.652. The molecule has 0 radical (unpaired) electrons. The topological polar surface area (TPSA) is 119 Å². The van der Waals surface area contributed by atoms with Crippen LogP contribution in [0.3, 0.4) is 0 Å². The van der Waals surface area contributed by atoms with Gasteiger partial charge in [-0.25, -0.2) is 0 Å². The number of aromatic hydroxyl groups is 2. The van der Waals surface area contributed by atoms with Gasteiger partial charge in [-0.2, -0.15) is 0 Å². The summed E-state index contributed by atoms with van der Waals surface area (Å²) in [4.78, 5) is 23.3. The lowest BCUT2D eigenvalue weighted by Crippen LogP contribution is -2.11. The van der Waals surface area contributed by atoms with Gasteiger partial charge in [0.1, 0.15) is 18.3 Å². The lowest BCUT2D eigenvalue weighted by atomic mass is 9.97. The second kappa shape index (κ2) is 16.2. The van der Waals surface area contributed by atoms with E-state index < -0.39 is 5.43 Å². The Hall–Kier alpha value is -2.58. The van der Waals surface area contributed by atoms with E-state index in [2.05, 4.69) is 13.8 Å². The van der Waals surface area contributed by atoms with E-state index in [1.165, 1.54) is 12.3 Å². The van der Waals surface area contributed by atoms with E-state index in [9.17, 15) is 19.8 Å². The number of rotatable bonds is 18. The lowest BCUT2D eigenvalue weighted by Gasteiger charge is -2.11.